The van der Waals surface area contributed by atoms with Gasteiger partial charge in [-0.15, -0.1) is 0 Å². The summed E-state index contributed by atoms with van der Waals surface area (Å²) in [5.74, 6) is 1.15. The first-order chi connectivity index (χ1) is 15.8. The van der Waals surface area contributed by atoms with Crippen molar-refractivity contribution in [3.63, 3.8) is 0 Å². The van der Waals surface area contributed by atoms with Gasteiger partial charge >= 0.3 is 0 Å². The fraction of sp³-hybridized carbons (Fsp3) is 0.148. The fourth-order valence-electron chi connectivity index (χ4n) is 4.70. The van der Waals surface area contributed by atoms with Gasteiger partial charge in [0.2, 0.25) is 5.28 Å². The predicted molar refractivity (Wildman–Crippen MR) is 130 cm³/mol. The molecule has 4 aromatic rings. The molecule has 0 bridgehead atoms. The quantitative estimate of drug-likeness (QED) is 0.365. The third-order valence-electron chi connectivity index (χ3n) is 6.16. The molecule has 0 unspecified atom stereocenters. The number of aromatic nitrogens is 4. The van der Waals surface area contributed by atoms with Crippen molar-refractivity contribution in [1.82, 2.24) is 19.5 Å². The molecular formula is C27H21ClN4. The first-order valence-electron chi connectivity index (χ1n) is 11.0. The highest BCUT2D eigenvalue weighted by atomic mass is 35.5. The molecule has 2 aliphatic carbocycles. The summed E-state index contributed by atoms with van der Waals surface area (Å²) in [5.41, 5.74) is 8.62. The van der Waals surface area contributed by atoms with Crippen LogP contribution in [0, 0.1) is 0 Å². The zero-order valence-corrected chi connectivity index (χ0v) is 18.3. The van der Waals surface area contributed by atoms with Crippen molar-refractivity contribution in [1.29, 1.82) is 0 Å². The van der Waals surface area contributed by atoms with Crippen LogP contribution in [0.15, 0.2) is 66.7 Å². The lowest BCUT2D eigenvalue weighted by molar-refractivity contribution is 0.922. The van der Waals surface area contributed by atoms with Gasteiger partial charge in [0, 0.05) is 28.2 Å². The van der Waals surface area contributed by atoms with E-state index in [0.717, 1.165) is 42.5 Å². The standard InChI is InChI=1S/C27H21ClN4/c28-27-30-25(18-8-2-1-3-9-18)29-26(31-27)19-14-16-20(17-15-19)32-23-12-6-4-10-21(23)22-11-5-7-13-24(22)32/h1-3,6-9,12-17H,4-5,10-11H2. The second kappa shape index (κ2) is 7.88. The molecule has 0 aliphatic heterocycles. The van der Waals surface area contributed by atoms with Crippen LogP contribution in [0.3, 0.4) is 0 Å². The summed E-state index contributed by atoms with van der Waals surface area (Å²) in [6, 6.07) is 18.2. The van der Waals surface area contributed by atoms with E-state index in [4.69, 9.17) is 11.6 Å². The van der Waals surface area contributed by atoms with Gasteiger partial charge in [-0.05, 0) is 84.8 Å². The van der Waals surface area contributed by atoms with Crippen LogP contribution in [0.2, 0.25) is 5.28 Å². The molecular weight excluding hydrogens is 416 g/mol. The lowest BCUT2D eigenvalue weighted by Crippen LogP contribution is -2.02. The van der Waals surface area contributed by atoms with Gasteiger partial charge in [0.05, 0.1) is 0 Å². The Balaban J connectivity index is 1.42. The van der Waals surface area contributed by atoms with Crippen molar-refractivity contribution in [3.05, 3.63) is 94.5 Å². The van der Waals surface area contributed by atoms with Crippen LogP contribution in [0.25, 0.3) is 40.6 Å². The van der Waals surface area contributed by atoms with Gasteiger partial charge in [0.1, 0.15) is 0 Å². The molecule has 0 saturated carbocycles. The topological polar surface area (TPSA) is 43.6 Å². The Hall–Kier alpha value is -3.50. The van der Waals surface area contributed by atoms with Gasteiger partial charge in [0.25, 0.3) is 0 Å². The van der Waals surface area contributed by atoms with Crippen LogP contribution < -0.4 is 0 Å². The van der Waals surface area contributed by atoms with Crippen molar-refractivity contribution in [3.8, 4) is 28.5 Å². The van der Waals surface area contributed by atoms with E-state index in [2.05, 4.69) is 68.1 Å². The molecule has 5 heteroatoms. The number of hydrogen-bond donors (Lipinski definition) is 0. The fourth-order valence-corrected chi connectivity index (χ4v) is 4.86. The van der Waals surface area contributed by atoms with E-state index in [9.17, 15) is 0 Å². The Bertz CT molecular complexity index is 1330. The first-order valence-corrected chi connectivity index (χ1v) is 11.3. The summed E-state index contributed by atoms with van der Waals surface area (Å²) in [6.07, 6.45) is 13.6. The van der Waals surface area contributed by atoms with Crippen LogP contribution in [0.5, 0.6) is 0 Å². The minimum atomic E-state index is 0.196. The van der Waals surface area contributed by atoms with Crippen LogP contribution in [0.1, 0.15) is 35.4 Å². The molecule has 0 spiro atoms. The van der Waals surface area contributed by atoms with Crippen LogP contribution >= 0.6 is 11.6 Å². The van der Waals surface area contributed by atoms with Crippen molar-refractivity contribution >= 4 is 23.8 Å². The van der Waals surface area contributed by atoms with Gasteiger partial charge in [0.15, 0.2) is 11.6 Å². The number of fused-ring (bicyclic) bond motifs is 3. The second-order valence-electron chi connectivity index (χ2n) is 8.11. The number of allylic oxidation sites excluding steroid dienone is 2. The van der Waals surface area contributed by atoms with Crippen LogP contribution in [-0.2, 0) is 12.8 Å². The summed E-state index contributed by atoms with van der Waals surface area (Å²) in [5, 5.41) is 0.196. The Kier molecular flexibility index (Phi) is 4.73. The van der Waals surface area contributed by atoms with E-state index < -0.39 is 0 Å². The van der Waals surface area contributed by atoms with Crippen molar-refractivity contribution < 1.29 is 0 Å². The van der Waals surface area contributed by atoms with E-state index in [1.54, 1.807) is 0 Å². The molecule has 6 rings (SSSR count). The molecule has 2 aromatic carbocycles. The molecule has 32 heavy (non-hydrogen) atoms. The molecule has 0 saturated heterocycles. The second-order valence-corrected chi connectivity index (χ2v) is 8.45. The number of rotatable bonds is 3. The number of hydrogen-bond acceptors (Lipinski definition) is 3. The predicted octanol–water partition coefficient (Wildman–Crippen LogP) is 6.57. The van der Waals surface area contributed by atoms with E-state index in [0.29, 0.717) is 11.6 Å². The molecule has 0 radical (unpaired) electrons. The molecule has 0 fully saturated rings. The van der Waals surface area contributed by atoms with Crippen molar-refractivity contribution in [2.75, 3.05) is 0 Å². The van der Waals surface area contributed by atoms with Gasteiger partial charge in [-0.25, -0.2) is 4.98 Å². The van der Waals surface area contributed by atoms with Crippen LogP contribution in [0.4, 0.5) is 0 Å². The average molecular weight is 437 g/mol. The zero-order chi connectivity index (χ0) is 21.5. The third-order valence-corrected chi connectivity index (χ3v) is 6.33. The minimum Gasteiger partial charge on any atom is -0.310 e. The van der Waals surface area contributed by atoms with Gasteiger partial charge in [-0.1, -0.05) is 42.5 Å². The van der Waals surface area contributed by atoms with Gasteiger partial charge in [-0.2, -0.15) is 9.97 Å². The lowest BCUT2D eigenvalue weighted by atomic mass is 9.94. The van der Waals surface area contributed by atoms with E-state index in [1.807, 2.05) is 30.3 Å². The van der Waals surface area contributed by atoms with Gasteiger partial charge in [-0.3, -0.25) is 0 Å². The van der Waals surface area contributed by atoms with E-state index in [-0.39, 0.29) is 5.28 Å². The molecule has 0 atom stereocenters. The summed E-state index contributed by atoms with van der Waals surface area (Å²) in [6.45, 7) is 0. The Morgan fingerprint density at radius 1 is 0.656 bits per heavy atom. The summed E-state index contributed by atoms with van der Waals surface area (Å²) in [7, 11) is 0. The highest BCUT2D eigenvalue weighted by Crippen LogP contribution is 2.36. The van der Waals surface area contributed by atoms with Gasteiger partial charge < -0.3 is 4.57 Å². The van der Waals surface area contributed by atoms with E-state index in [1.165, 1.54) is 22.5 Å². The zero-order valence-electron chi connectivity index (χ0n) is 17.5. The maximum absolute atomic E-state index is 6.24. The normalized spacial score (nSPS) is 14.3. The highest BCUT2D eigenvalue weighted by molar-refractivity contribution is 6.28. The summed E-state index contributed by atoms with van der Waals surface area (Å²) < 4.78 is 2.38. The molecule has 156 valence electrons. The first kappa shape index (κ1) is 19.2. The van der Waals surface area contributed by atoms with Crippen LogP contribution in [-0.4, -0.2) is 19.5 Å². The maximum atomic E-state index is 6.24. The van der Waals surface area contributed by atoms with E-state index >= 15 is 0 Å². The Morgan fingerprint density at radius 2 is 1.22 bits per heavy atom. The largest absolute Gasteiger partial charge is 0.310 e. The average Bonchev–Trinajstić information content (AvgIpc) is 3.19. The monoisotopic (exact) mass is 436 g/mol. The van der Waals surface area contributed by atoms with Crippen molar-refractivity contribution in [2.45, 2.75) is 25.7 Å². The third kappa shape index (κ3) is 3.28. The summed E-state index contributed by atoms with van der Waals surface area (Å²) >= 11 is 6.24. The Morgan fingerprint density at radius 3 is 1.81 bits per heavy atom. The summed E-state index contributed by atoms with van der Waals surface area (Å²) in [4.78, 5) is 13.4. The molecule has 2 aromatic heterocycles. The highest BCUT2D eigenvalue weighted by Gasteiger charge is 2.23. The smallest absolute Gasteiger partial charge is 0.226 e. The van der Waals surface area contributed by atoms with Crippen molar-refractivity contribution in [2.24, 2.45) is 0 Å². The SMILES string of the molecule is Clc1nc(-c2ccccc2)nc(-c2ccc(-n3c4c(c5c3C=CCC5)CCC=C4)cc2)n1. The molecule has 2 aliphatic rings. The molecule has 0 amide bonds. The number of benzene rings is 2. The lowest BCUT2D eigenvalue weighted by Gasteiger charge is -2.14. The maximum Gasteiger partial charge on any atom is 0.226 e. The number of halogens is 1. The molecule has 2 heterocycles. The Labute approximate surface area is 192 Å². The molecule has 0 N–H and O–H groups in total. The number of nitrogens with zero attached hydrogens (tertiary/aromatic N) is 4. The molecule has 4 nitrogen and oxygen atoms in total. The minimum absolute atomic E-state index is 0.196.